The van der Waals surface area contributed by atoms with Gasteiger partial charge in [-0.25, -0.2) is 0 Å². The summed E-state index contributed by atoms with van der Waals surface area (Å²) >= 11 is 0. The van der Waals surface area contributed by atoms with Crippen LogP contribution < -0.4 is 0 Å². The third kappa shape index (κ3) is 4.79. The number of Topliss-reactive ketones (excluding diaryl/α,β-unsaturated/α-hetero) is 1. The lowest BCUT2D eigenvalue weighted by Gasteiger charge is -2.24. The molecule has 0 atom stereocenters. The second kappa shape index (κ2) is 7.81. The molecule has 0 aromatic heterocycles. The van der Waals surface area contributed by atoms with Crippen molar-refractivity contribution in [1.82, 2.24) is 4.90 Å². The van der Waals surface area contributed by atoms with Crippen molar-refractivity contribution < 1.29 is 4.79 Å². The minimum Gasteiger partial charge on any atom is -0.293 e. The van der Waals surface area contributed by atoms with Gasteiger partial charge in [-0.05, 0) is 25.3 Å². The van der Waals surface area contributed by atoms with E-state index in [0.29, 0.717) is 25.4 Å². The largest absolute Gasteiger partial charge is 0.293 e. The number of hydrogen-bond donors (Lipinski definition) is 0. The van der Waals surface area contributed by atoms with E-state index in [2.05, 4.69) is 19.9 Å². The molecule has 0 bridgehead atoms. The number of ketones is 1. The van der Waals surface area contributed by atoms with Gasteiger partial charge in [-0.15, -0.1) is 0 Å². The van der Waals surface area contributed by atoms with Gasteiger partial charge in [0.25, 0.3) is 0 Å². The number of nitriles is 1. The van der Waals surface area contributed by atoms with Crippen molar-refractivity contribution in [3.05, 3.63) is 35.4 Å². The number of hydrogen-bond acceptors (Lipinski definition) is 3. The molecule has 1 rings (SSSR count). The summed E-state index contributed by atoms with van der Waals surface area (Å²) in [6.07, 6.45) is 0.456. The summed E-state index contributed by atoms with van der Waals surface area (Å²) in [6.45, 7) is 9.39. The Balaban J connectivity index is 2.71. The maximum absolute atomic E-state index is 12.3. The quantitative estimate of drug-likeness (QED) is 0.712. The van der Waals surface area contributed by atoms with Gasteiger partial charge in [0.1, 0.15) is 0 Å². The van der Waals surface area contributed by atoms with Crippen LogP contribution in [0.3, 0.4) is 0 Å². The van der Waals surface area contributed by atoms with Crippen molar-refractivity contribution in [2.45, 2.75) is 46.1 Å². The molecule has 3 heteroatoms. The minimum absolute atomic E-state index is 0.118. The standard InChI is InChI=1S/C17H24N2O/c1-13(2)15-6-8-16(9-7-15)17(20)12-19(14(3)4)11-5-10-18/h6-9,13-14H,5,11-12H2,1-4H3. The summed E-state index contributed by atoms with van der Waals surface area (Å²) in [4.78, 5) is 14.3. The zero-order chi connectivity index (χ0) is 15.1. The van der Waals surface area contributed by atoms with E-state index in [1.807, 2.05) is 43.0 Å². The van der Waals surface area contributed by atoms with E-state index < -0.39 is 0 Å². The molecule has 0 aliphatic heterocycles. The van der Waals surface area contributed by atoms with Crippen LogP contribution in [0.25, 0.3) is 0 Å². The molecule has 20 heavy (non-hydrogen) atoms. The van der Waals surface area contributed by atoms with E-state index in [1.54, 1.807) is 0 Å². The molecule has 108 valence electrons. The normalized spacial score (nSPS) is 11.1. The maximum atomic E-state index is 12.3. The first kappa shape index (κ1) is 16.4. The highest BCUT2D eigenvalue weighted by Gasteiger charge is 2.15. The van der Waals surface area contributed by atoms with Crippen LogP contribution in [0.4, 0.5) is 0 Å². The van der Waals surface area contributed by atoms with Crippen LogP contribution in [0.2, 0.25) is 0 Å². The number of carbonyl (C=O) groups excluding carboxylic acids is 1. The number of nitrogens with zero attached hydrogens (tertiary/aromatic N) is 2. The maximum Gasteiger partial charge on any atom is 0.176 e. The molecule has 0 saturated carbocycles. The van der Waals surface area contributed by atoms with Crippen molar-refractivity contribution in [2.24, 2.45) is 0 Å². The molecule has 0 aliphatic rings. The molecule has 0 saturated heterocycles. The molecule has 0 heterocycles. The Morgan fingerprint density at radius 2 is 1.80 bits per heavy atom. The highest BCUT2D eigenvalue weighted by Crippen LogP contribution is 2.15. The van der Waals surface area contributed by atoms with Gasteiger partial charge in [-0.2, -0.15) is 5.26 Å². The van der Waals surface area contributed by atoms with Crippen LogP contribution in [-0.2, 0) is 0 Å². The van der Waals surface area contributed by atoms with Crippen molar-refractivity contribution in [3.63, 3.8) is 0 Å². The van der Waals surface area contributed by atoms with Crippen LogP contribution in [0.1, 0.15) is 56.0 Å². The lowest BCUT2D eigenvalue weighted by Crippen LogP contribution is -2.36. The Hall–Kier alpha value is -1.66. The number of benzene rings is 1. The van der Waals surface area contributed by atoms with Crippen molar-refractivity contribution in [1.29, 1.82) is 5.26 Å². The summed E-state index contributed by atoms with van der Waals surface area (Å²) in [7, 11) is 0. The van der Waals surface area contributed by atoms with Crippen LogP contribution in [0, 0.1) is 11.3 Å². The summed E-state index contributed by atoms with van der Waals surface area (Å²) in [6, 6.07) is 10.2. The molecule has 0 amide bonds. The molecular formula is C17H24N2O. The van der Waals surface area contributed by atoms with E-state index >= 15 is 0 Å². The zero-order valence-corrected chi connectivity index (χ0v) is 12.9. The topological polar surface area (TPSA) is 44.1 Å². The third-order valence-electron chi connectivity index (χ3n) is 3.49. The van der Waals surface area contributed by atoms with Crippen molar-refractivity contribution >= 4 is 5.78 Å². The summed E-state index contributed by atoms with van der Waals surface area (Å²) in [5.74, 6) is 0.592. The zero-order valence-electron chi connectivity index (χ0n) is 12.9. The van der Waals surface area contributed by atoms with Gasteiger partial charge in [0.2, 0.25) is 0 Å². The van der Waals surface area contributed by atoms with Crippen LogP contribution in [0.5, 0.6) is 0 Å². The molecule has 0 spiro atoms. The molecule has 1 aromatic rings. The summed E-state index contributed by atoms with van der Waals surface area (Å²) in [5, 5.41) is 8.67. The molecule has 0 radical (unpaired) electrons. The Labute approximate surface area is 122 Å². The highest BCUT2D eigenvalue weighted by molar-refractivity contribution is 5.97. The summed E-state index contributed by atoms with van der Waals surface area (Å²) < 4.78 is 0. The fourth-order valence-electron chi connectivity index (χ4n) is 2.04. The van der Waals surface area contributed by atoms with Crippen molar-refractivity contribution in [3.8, 4) is 6.07 Å². The molecular weight excluding hydrogens is 248 g/mol. The second-order valence-corrected chi connectivity index (χ2v) is 5.67. The van der Waals surface area contributed by atoms with Gasteiger partial charge in [-0.1, -0.05) is 38.1 Å². The fourth-order valence-corrected chi connectivity index (χ4v) is 2.04. The molecule has 0 unspecified atom stereocenters. The van der Waals surface area contributed by atoms with E-state index in [0.717, 1.165) is 5.56 Å². The molecule has 3 nitrogen and oxygen atoms in total. The van der Waals surface area contributed by atoms with Gasteiger partial charge in [0, 0.05) is 24.6 Å². The van der Waals surface area contributed by atoms with E-state index in [1.165, 1.54) is 5.56 Å². The average Bonchev–Trinajstić information content (AvgIpc) is 2.42. The van der Waals surface area contributed by atoms with Crippen LogP contribution in [-0.4, -0.2) is 29.8 Å². The van der Waals surface area contributed by atoms with E-state index in [-0.39, 0.29) is 11.8 Å². The Kier molecular flexibility index (Phi) is 6.41. The number of rotatable bonds is 7. The van der Waals surface area contributed by atoms with Gasteiger partial charge < -0.3 is 0 Å². The molecule has 0 aliphatic carbocycles. The number of carbonyl (C=O) groups is 1. The first-order chi connectivity index (χ1) is 9.45. The smallest absolute Gasteiger partial charge is 0.176 e. The second-order valence-electron chi connectivity index (χ2n) is 5.67. The van der Waals surface area contributed by atoms with Crippen molar-refractivity contribution in [2.75, 3.05) is 13.1 Å². The third-order valence-corrected chi connectivity index (χ3v) is 3.49. The average molecular weight is 272 g/mol. The monoisotopic (exact) mass is 272 g/mol. The molecule has 0 fully saturated rings. The Morgan fingerprint density at radius 1 is 1.20 bits per heavy atom. The molecule has 0 N–H and O–H groups in total. The van der Waals surface area contributed by atoms with Crippen LogP contribution in [0.15, 0.2) is 24.3 Å². The minimum atomic E-state index is 0.118. The first-order valence-corrected chi connectivity index (χ1v) is 7.19. The SMILES string of the molecule is CC(C)c1ccc(C(=O)CN(CCC#N)C(C)C)cc1. The van der Waals surface area contributed by atoms with E-state index in [4.69, 9.17) is 5.26 Å². The van der Waals surface area contributed by atoms with Gasteiger partial charge in [0.15, 0.2) is 5.78 Å². The highest BCUT2D eigenvalue weighted by atomic mass is 16.1. The van der Waals surface area contributed by atoms with Gasteiger partial charge in [-0.3, -0.25) is 9.69 Å². The Bertz CT molecular complexity index is 469. The van der Waals surface area contributed by atoms with Gasteiger partial charge in [0.05, 0.1) is 12.6 Å². The predicted octanol–water partition coefficient (Wildman–Crippen LogP) is 3.62. The first-order valence-electron chi connectivity index (χ1n) is 7.19. The lowest BCUT2D eigenvalue weighted by atomic mass is 10.0. The predicted molar refractivity (Wildman–Crippen MR) is 81.8 cm³/mol. The van der Waals surface area contributed by atoms with E-state index in [9.17, 15) is 4.79 Å². The Morgan fingerprint density at radius 3 is 2.25 bits per heavy atom. The summed E-state index contributed by atoms with van der Waals surface area (Å²) in [5.41, 5.74) is 1.99. The van der Waals surface area contributed by atoms with Crippen LogP contribution >= 0.6 is 0 Å². The fraction of sp³-hybridized carbons (Fsp3) is 0.529. The van der Waals surface area contributed by atoms with Gasteiger partial charge >= 0.3 is 0 Å². The lowest BCUT2D eigenvalue weighted by molar-refractivity contribution is 0.0908. The molecule has 1 aromatic carbocycles.